The molecule has 7 heteroatoms. The van der Waals surface area contributed by atoms with Crippen LogP contribution in [0.3, 0.4) is 0 Å². The molecule has 3 N–H and O–H groups in total. The van der Waals surface area contributed by atoms with Gasteiger partial charge in [0.2, 0.25) is 0 Å². The van der Waals surface area contributed by atoms with Crippen LogP contribution in [0.25, 0.3) is 0 Å². The maximum absolute atomic E-state index is 12.2. The zero-order chi connectivity index (χ0) is 37.6. The first-order valence-electron chi connectivity index (χ1n) is 20.8. The number of aliphatic hydroxyl groups is 3. The lowest BCUT2D eigenvalue weighted by Gasteiger charge is -2.17. The van der Waals surface area contributed by atoms with Gasteiger partial charge in [0.15, 0.2) is 6.10 Å². The van der Waals surface area contributed by atoms with Crippen molar-refractivity contribution in [1.29, 1.82) is 0 Å². The van der Waals surface area contributed by atoms with Crippen LogP contribution in [0.5, 0.6) is 0 Å². The van der Waals surface area contributed by atoms with E-state index in [1.165, 1.54) is 83.5 Å². The van der Waals surface area contributed by atoms with Gasteiger partial charge in [-0.3, -0.25) is 9.59 Å². The van der Waals surface area contributed by atoms with E-state index in [-0.39, 0.29) is 25.4 Å². The van der Waals surface area contributed by atoms with Crippen molar-refractivity contribution in [1.82, 2.24) is 0 Å². The van der Waals surface area contributed by atoms with Crippen molar-refractivity contribution in [3.05, 3.63) is 48.6 Å². The lowest BCUT2D eigenvalue weighted by Crippen LogP contribution is -2.29. The molecule has 0 heterocycles. The smallest absolute Gasteiger partial charge is 0.306 e. The second-order valence-corrected chi connectivity index (χ2v) is 14.2. The lowest BCUT2D eigenvalue weighted by molar-refractivity contribution is -0.161. The van der Waals surface area contributed by atoms with Gasteiger partial charge in [-0.05, 0) is 57.3 Å². The summed E-state index contributed by atoms with van der Waals surface area (Å²) in [4.78, 5) is 24.3. The van der Waals surface area contributed by atoms with Crippen LogP contribution < -0.4 is 0 Å². The molecule has 0 aliphatic heterocycles. The SMILES string of the molecule is CC/C=C\C/C=C\C/C=C\C/C=C\C[C@@H](O)[C@H](O)CCCC(=O)O[C@@H](CO)COC(=O)CCCCCCCCCCCCCCCCC(C)CC. The highest BCUT2D eigenvalue weighted by atomic mass is 16.6. The molecule has 0 aliphatic carbocycles. The maximum atomic E-state index is 12.2. The fourth-order valence-electron chi connectivity index (χ4n) is 5.73. The van der Waals surface area contributed by atoms with Crippen molar-refractivity contribution in [3.63, 3.8) is 0 Å². The maximum Gasteiger partial charge on any atom is 0.306 e. The quantitative estimate of drug-likeness (QED) is 0.0336. The van der Waals surface area contributed by atoms with Crippen LogP contribution in [0.4, 0.5) is 0 Å². The highest BCUT2D eigenvalue weighted by Gasteiger charge is 2.18. The largest absolute Gasteiger partial charge is 0.462 e. The fourth-order valence-corrected chi connectivity index (χ4v) is 5.73. The number of unbranched alkanes of at least 4 members (excludes halogenated alkanes) is 13. The summed E-state index contributed by atoms with van der Waals surface area (Å²) in [6.45, 7) is 6.16. The van der Waals surface area contributed by atoms with Gasteiger partial charge in [0, 0.05) is 12.8 Å². The summed E-state index contributed by atoms with van der Waals surface area (Å²) in [5, 5.41) is 30.0. The molecule has 0 spiro atoms. The molecule has 0 amide bonds. The number of aliphatic hydroxyl groups excluding tert-OH is 3. The summed E-state index contributed by atoms with van der Waals surface area (Å²) < 4.78 is 10.5. The van der Waals surface area contributed by atoms with E-state index in [9.17, 15) is 24.9 Å². The summed E-state index contributed by atoms with van der Waals surface area (Å²) >= 11 is 0. The number of esters is 2. The van der Waals surface area contributed by atoms with Crippen LogP contribution in [0, 0.1) is 5.92 Å². The molecule has 296 valence electrons. The Bertz CT molecular complexity index is 909. The molecule has 7 nitrogen and oxygen atoms in total. The molecule has 0 aliphatic rings. The molecule has 0 fully saturated rings. The van der Waals surface area contributed by atoms with Crippen molar-refractivity contribution < 1.29 is 34.4 Å². The van der Waals surface area contributed by atoms with Gasteiger partial charge in [-0.2, -0.15) is 0 Å². The van der Waals surface area contributed by atoms with Crippen LogP contribution >= 0.6 is 0 Å². The van der Waals surface area contributed by atoms with E-state index in [1.54, 1.807) is 0 Å². The van der Waals surface area contributed by atoms with Gasteiger partial charge in [0.1, 0.15) is 6.61 Å². The standard InChI is InChI=1S/C44H78O7/c1-4-6-7-8-9-10-11-17-20-23-26-29-33-41(46)42(47)34-31-36-44(49)51-40(37-45)38-50-43(48)35-30-27-24-21-18-15-13-12-14-16-19-22-25-28-32-39(3)5-2/h6-7,9-10,17,20,26,29,39-42,45-47H,4-5,8,11-16,18-19,21-25,27-28,30-38H2,1-3H3/b7-6-,10-9-,20-17-,29-26-/t39?,40-,41+,42+/m0/s1. The topological polar surface area (TPSA) is 113 Å². The second-order valence-electron chi connectivity index (χ2n) is 14.2. The van der Waals surface area contributed by atoms with Gasteiger partial charge in [0.25, 0.3) is 0 Å². The van der Waals surface area contributed by atoms with Crippen LogP contribution in [0.2, 0.25) is 0 Å². The number of carbonyl (C=O) groups is 2. The predicted molar refractivity (Wildman–Crippen MR) is 212 cm³/mol. The summed E-state index contributed by atoms with van der Waals surface area (Å²) in [6.07, 6.45) is 39.1. The zero-order valence-corrected chi connectivity index (χ0v) is 33.0. The van der Waals surface area contributed by atoms with E-state index < -0.39 is 30.9 Å². The minimum Gasteiger partial charge on any atom is -0.462 e. The minimum atomic E-state index is -0.946. The lowest BCUT2D eigenvalue weighted by atomic mass is 9.99. The molecule has 0 aromatic rings. The van der Waals surface area contributed by atoms with Crippen molar-refractivity contribution in [3.8, 4) is 0 Å². The Morgan fingerprint density at radius 1 is 0.569 bits per heavy atom. The van der Waals surface area contributed by atoms with E-state index in [4.69, 9.17) is 9.47 Å². The van der Waals surface area contributed by atoms with E-state index in [1.807, 2.05) is 12.2 Å². The highest BCUT2D eigenvalue weighted by Crippen LogP contribution is 2.16. The third-order valence-electron chi connectivity index (χ3n) is 9.38. The molecule has 0 bridgehead atoms. The number of ether oxygens (including phenoxy) is 2. The molecule has 0 radical (unpaired) electrons. The Hall–Kier alpha value is -2.22. The third-order valence-corrected chi connectivity index (χ3v) is 9.38. The fraction of sp³-hybridized carbons (Fsp3) is 0.773. The molecular formula is C44H78O7. The molecule has 51 heavy (non-hydrogen) atoms. The molecular weight excluding hydrogens is 640 g/mol. The van der Waals surface area contributed by atoms with E-state index in [0.29, 0.717) is 19.3 Å². The molecule has 1 unspecified atom stereocenters. The Morgan fingerprint density at radius 3 is 1.55 bits per heavy atom. The average Bonchev–Trinajstić information content (AvgIpc) is 3.13. The Labute approximate surface area is 313 Å². The number of hydrogen-bond acceptors (Lipinski definition) is 7. The average molecular weight is 719 g/mol. The second kappa shape index (κ2) is 37.5. The van der Waals surface area contributed by atoms with E-state index in [2.05, 4.69) is 57.2 Å². The number of hydrogen-bond donors (Lipinski definition) is 3. The molecule has 0 rings (SSSR count). The molecule has 0 saturated heterocycles. The summed E-state index contributed by atoms with van der Waals surface area (Å²) in [5.74, 6) is 0.0119. The van der Waals surface area contributed by atoms with Gasteiger partial charge in [-0.15, -0.1) is 0 Å². The van der Waals surface area contributed by atoms with Crippen LogP contribution in [-0.4, -0.2) is 58.8 Å². The van der Waals surface area contributed by atoms with Crippen molar-refractivity contribution in [2.24, 2.45) is 5.92 Å². The monoisotopic (exact) mass is 719 g/mol. The number of rotatable bonds is 36. The number of allylic oxidation sites excluding steroid dienone is 7. The first-order valence-corrected chi connectivity index (χ1v) is 20.8. The van der Waals surface area contributed by atoms with E-state index in [0.717, 1.165) is 50.9 Å². The first kappa shape index (κ1) is 48.8. The summed E-state index contributed by atoms with van der Waals surface area (Å²) in [7, 11) is 0. The summed E-state index contributed by atoms with van der Waals surface area (Å²) in [6, 6.07) is 0. The Morgan fingerprint density at radius 2 is 1.04 bits per heavy atom. The number of carbonyl (C=O) groups excluding carboxylic acids is 2. The van der Waals surface area contributed by atoms with Crippen molar-refractivity contribution >= 4 is 11.9 Å². The van der Waals surface area contributed by atoms with Crippen molar-refractivity contribution in [2.75, 3.05) is 13.2 Å². The first-order chi connectivity index (χ1) is 24.8. The zero-order valence-electron chi connectivity index (χ0n) is 33.0. The van der Waals surface area contributed by atoms with Crippen LogP contribution in [-0.2, 0) is 19.1 Å². The Balaban J connectivity index is 3.78. The van der Waals surface area contributed by atoms with Gasteiger partial charge in [-0.25, -0.2) is 0 Å². The van der Waals surface area contributed by atoms with Gasteiger partial charge in [0.05, 0.1) is 18.8 Å². The molecule has 0 aromatic heterocycles. The Kier molecular flexibility index (Phi) is 35.9. The predicted octanol–water partition coefficient (Wildman–Crippen LogP) is 10.8. The van der Waals surface area contributed by atoms with Gasteiger partial charge < -0.3 is 24.8 Å². The molecule has 0 saturated carbocycles. The normalized spacial score (nSPS) is 14.5. The molecule has 0 aromatic carbocycles. The highest BCUT2D eigenvalue weighted by molar-refractivity contribution is 5.70. The molecule has 4 atom stereocenters. The third kappa shape index (κ3) is 34.6. The minimum absolute atomic E-state index is 0.0386. The van der Waals surface area contributed by atoms with Gasteiger partial charge >= 0.3 is 11.9 Å². The van der Waals surface area contributed by atoms with Gasteiger partial charge in [-0.1, -0.05) is 166 Å². The van der Waals surface area contributed by atoms with Crippen molar-refractivity contribution in [2.45, 2.75) is 200 Å². The van der Waals surface area contributed by atoms with E-state index >= 15 is 0 Å². The van der Waals surface area contributed by atoms with Crippen LogP contribution in [0.15, 0.2) is 48.6 Å². The summed E-state index contributed by atoms with van der Waals surface area (Å²) in [5.41, 5.74) is 0. The van der Waals surface area contributed by atoms with Crippen LogP contribution in [0.1, 0.15) is 181 Å².